The Bertz CT molecular complexity index is 1090. The number of nitrogens with zero attached hydrogens (tertiary/aromatic N) is 4. The van der Waals surface area contributed by atoms with Gasteiger partial charge in [0, 0.05) is 26.6 Å². The largest absolute Gasteiger partial charge is 0.469 e. The van der Waals surface area contributed by atoms with Crippen molar-refractivity contribution in [2.75, 3.05) is 13.6 Å². The highest BCUT2D eigenvalue weighted by Crippen LogP contribution is 2.24. The zero-order valence-electron chi connectivity index (χ0n) is 17.5. The lowest BCUT2D eigenvalue weighted by atomic mass is 9.98. The molecule has 2 heterocycles. The molecule has 0 spiro atoms. The van der Waals surface area contributed by atoms with E-state index in [4.69, 9.17) is 4.42 Å². The van der Waals surface area contributed by atoms with Crippen molar-refractivity contribution in [3.63, 3.8) is 0 Å². The number of furan rings is 1. The molecule has 4 rings (SSSR count). The molecule has 4 aromatic rings. The van der Waals surface area contributed by atoms with Crippen molar-refractivity contribution in [1.29, 1.82) is 0 Å². The molecule has 158 valence electrons. The van der Waals surface area contributed by atoms with Crippen LogP contribution in [0.1, 0.15) is 16.9 Å². The summed E-state index contributed by atoms with van der Waals surface area (Å²) in [5.41, 5.74) is 4.78. The summed E-state index contributed by atoms with van der Waals surface area (Å²) in [4.78, 5) is 8.32. The van der Waals surface area contributed by atoms with Gasteiger partial charge in [0.15, 0.2) is 5.96 Å². The molecule has 7 nitrogen and oxygen atoms in total. The van der Waals surface area contributed by atoms with Crippen LogP contribution in [0.15, 0.2) is 89.0 Å². The van der Waals surface area contributed by atoms with Gasteiger partial charge in [-0.3, -0.25) is 4.99 Å². The van der Waals surface area contributed by atoms with E-state index in [0.717, 1.165) is 24.7 Å². The van der Waals surface area contributed by atoms with Crippen LogP contribution in [0.5, 0.6) is 0 Å². The van der Waals surface area contributed by atoms with Crippen LogP contribution in [0.2, 0.25) is 0 Å². The minimum absolute atomic E-state index is 0.678. The number of hydrogen-bond donors (Lipinski definition) is 2. The summed E-state index contributed by atoms with van der Waals surface area (Å²) in [6, 6.07) is 20.9. The first kappa shape index (κ1) is 20.4. The molecule has 0 fully saturated rings. The summed E-state index contributed by atoms with van der Waals surface area (Å²) in [5.74, 6) is 1.73. The number of aromatic nitrogens is 3. The Morgan fingerprint density at radius 3 is 2.65 bits per heavy atom. The second-order valence-corrected chi connectivity index (χ2v) is 7.13. The summed E-state index contributed by atoms with van der Waals surface area (Å²) in [7, 11) is 1.78. The third-order valence-corrected chi connectivity index (χ3v) is 5.01. The van der Waals surface area contributed by atoms with Gasteiger partial charge in [-0.2, -0.15) is 5.10 Å². The normalized spacial score (nSPS) is 11.5. The maximum absolute atomic E-state index is 5.37. The van der Waals surface area contributed by atoms with E-state index >= 15 is 0 Å². The van der Waals surface area contributed by atoms with E-state index in [2.05, 4.69) is 74.2 Å². The SMILES string of the molecule is CN=C(NCCc1ccco1)NCc1ccccc1-c1ccc(Cn2cncn2)cc1. The van der Waals surface area contributed by atoms with E-state index in [1.54, 1.807) is 26.0 Å². The molecule has 31 heavy (non-hydrogen) atoms. The quantitative estimate of drug-likeness (QED) is 0.341. The van der Waals surface area contributed by atoms with Crippen molar-refractivity contribution in [2.45, 2.75) is 19.5 Å². The molecule has 7 heteroatoms. The maximum Gasteiger partial charge on any atom is 0.191 e. The predicted octanol–water partition coefficient (Wildman–Crippen LogP) is 3.49. The summed E-state index contributed by atoms with van der Waals surface area (Å²) >= 11 is 0. The average molecular weight is 415 g/mol. The number of rotatable bonds is 8. The molecule has 2 aromatic carbocycles. The van der Waals surface area contributed by atoms with E-state index in [-0.39, 0.29) is 0 Å². The fourth-order valence-electron chi connectivity index (χ4n) is 3.41. The van der Waals surface area contributed by atoms with E-state index in [9.17, 15) is 0 Å². The summed E-state index contributed by atoms with van der Waals surface area (Å²) in [5, 5.41) is 10.9. The lowest BCUT2D eigenvalue weighted by molar-refractivity contribution is 0.507. The van der Waals surface area contributed by atoms with E-state index in [1.807, 2.05) is 16.8 Å². The van der Waals surface area contributed by atoms with Gasteiger partial charge in [0.25, 0.3) is 0 Å². The maximum atomic E-state index is 5.37. The fourth-order valence-corrected chi connectivity index (χ4v) is 3.41. The summed E-state index contributed by atoms with van der Waals surface area (Å²) < 4.78 is 7.19. The number of guanidine groups is 1. The Kier molecular flexibility index (Phi) is 6.74. The monoisotopic (exact) mass is 414 g/mol. The molecule has 0 aliphatic rings. The van der Waals surface area contributed by atoms with Crippen LogP contribution in [0.4, 0.5) is 0 Å². The highest BCUT2D eigenvalue weighted by Gasteiger charge is 2.07. The standard InChI is InChI=1S/C24H26N6O/c1-25-24(27-13-12-22-6-4-14-31-22)28-15-21-5-2-3-7-23(21)20-10-8-19(9-11-20)16-30-18-26-17-29-30/h2-11,14,17-18H,12-13,15-16H2,1H3,(H2,25,27,28). The van der Waals surface area contributed by atoms with Crippen LogP contribution in [0.25, 0.3) is 11.1 Å². The van der Waals surface area contributed by atoms with Gasteiger partial charge in [-0.05, 0) is 34.4 Å². The molecular weight excluding hydrogens is 388 g/mol. The predicted molar refractivity (Wildman–Crippen MR) is 122 cm³/mol. The van der Waals surface area contributed by atoms with E-state index in [1.165, 1.54) is 22.3 Å². The molecule has 0 radical (unpaired) electrons. The first-order valence-electron chi connectivity index (χ1n) is 10.3. The third-order valence-electron chi connectivity index (χ3n) is 5.01. The molecule has 0 atom stereocenters. The molecule has 2 N–H and O–H groups in total. The highest BCUT2D eigenvalue weighted by molar-refractivity contribution is 5.80. The van der Waals surface area contributed by atoms with Gasteiger partial charge >= 0.3 is 0 Å². The molecule has 0 bridgehead atoms. The van der Waals surface area contributed by atoms with Crippen LogP contribution >= 0.6 is 0 Å². The van der Waals surface area contributed by atoms with Crippen LogP contribution in [-0.4, -0.2) is 34.3 Å². The van der Waals surface area contributed by atoms with Crippen molar-refractivity contribution in [2.24, 2.45) is 4.99 Å². The Morgan fingerprint density at radius 2 is 1.90 bits per heavy atom. The van der Waals surface area contributed by atoms with Crippen molar-refractivity contribution < 1.29 is 4.42 Å². The van der Waals surface area contributed by atoms with Gasteiger partial charge < -0.3 is 15.1 Å². The van der Waals surface area contributed by atoms with Gasteiger partial charge in [-0.25, -0.2) is 9.67 Å². The number of hydrogen-bond acceptors (Lipinski definition) is 4. The molecule has 0 aliphatic carbocycles. The van der Waals surface area contributed by atoms with E-state index in [0.29, 0.717) is 13.1 Å². The van der Waals surface area contributed by atoms with Gasteiger partial charge in [0.05, 0.1) is 12.8 Å². The summed E-state index contributed by atoms with van der Waals surface area (Å²) in [6.45, 7) is 2.14. The smallest absolute Gasteiger partial charge is 0.191 e. The zero-order valence-corrected chi connectivity index (χ0v) is 17.5. The Balaban J connectivity index is 1.37. The van der Waals surface area contributed by atoms with Crippen LogP contribution in [-0.2, 0) is 19.5 Å². The molecule has 0 unspecified atom stereocenters. The number of aliphatic imine (C=N–C) groups is 1. The van der Waals surface area contributed by atoms with Crippen LogP contribution in [0, 0.1) is 0 Å². The van der Waals surface area contributed by atoms with Crippen molar-refractivity contribution in [3.05, 3.63) is 96.5 Å². The first-order valence-corrected chi connectivity index (χ1v) is 10.3. The second kappa shape index (κ2) is 10.2. The van der Waals surface area contributed by atoms with Crippen molar-refractivity contribution in [3.8, 4) is 11.1 Å². The lowest BCUT2D eigenvalue weighted by Gasteiger charge is -2.14. The number of nitrogens with one attached hydrogen (secondary N) is 2. The molecular formula is C24H26N6O. The van der Waals surface area contributed by atoms with E-state index < -0.39 is 0 Å². The minimum atomic E-state index is 0.678. The highest BCUT2D eigenvalue weighted by atomic mass is 16.3. The Hall–Kier alpha value is -3.87. The van der Waals surface area contributed by atoms with Gasteiger partial charge in [-0.1, -0.05) is 48.5 Å². The molecule has 0 aliphatic heterocycles. The van der Waals surface area contributed by atoms with Crippen molar-refractivity contribution >= 4 is 5.96 Å². The van der Waals surface area contributed by atoms with Gasteiger partial charge in [0.1, 0.15) is 18.4 Å². The minimum Gasteiger partial charge on any atom is -0.469 e. The van der Waals surface area contributed by atoms with Crippen LogP contribution in [0.3, 0.4) is 0 Å². The first-order chi connectivity index (χ1) is 15.3. The molecule has 0 saturated heterocycles. The Morgan fingerprint density at radius 1 is 1.03 bits per heavy atom. The topological polar surface area (TPSA) is 80.3 Å². The summed E-state index contributed by atoms with van der Waals surface area (Å²) in [6.07, 6.45) is 5.79. The average Bonchev–Trinajstić information content (AvgIpc) is 3.51. The molecule has 2 aromatic heterocycles. The second-order valence-electron chi connectivity index (χ2n) is 7.13. The Labute approximate surface area is 181 Å². The zero-order chi connectivity index (χ0) is 21.3. The molecule has 0 amide bonds. The molecule has 0 saturated carbocycles. The fraction of sp³-hybridized carbons (Fsp3) is 0.208. The van der Waals surface area contributed by atoms with Gasteiger partial charge in [0.2, 0.25) is 0 Å². The number of benzene rings is 2. The lowest BCUT2D eigenvalue weighted by Crippen LogP contribution is -2.37. The van der Waals surface area contributed by atoms with Gasteiger partial charge in [-0.15, -0.1) is 0 Å². The van der Waals surface area contributed by atoms with Crippen LogP contribution < -0.4 is 10.6 Å². The van der Waals surface area contributed by atoms with Crippen molar-refractivity contribution in [1.82, 2.24) is 25.4 Å². The third kappa shape index (κ3) is 5.60.